The summed E-state index contributed by atoms with van der Waals surface area (Å²) >= 11 is 6.29. The first-order chi connectivity index (χ1) is 18.5. The van der Waals surface area contributed by atoms with Crippen molar-refractivity contribution >= 4 is 21.6 Å². The lowest BCUT2D eigenvalue weighted by atomic mass is 9.74. The highest BCUT2D eigenvalue weighted by Crippen LogP contribution is 2.43. The van der Waals surface area contributed by atoms with Crippen molar-refractivity contribution in [1.29, 1.82) is 0 Å². The molecule has 0 aliphatic carbocycles. The van der Waals surface area contributed by atoms with Crippen LogP contribution in [-0.2, 0) is 16.2 Å². The molecule has 0 aromatic heterocycles. The van der Waals surface area contributed by atoms with E-state index in [4.69, 9.17) is 11.6 Å². The van der Waals surface area contributed by atoms with Crippen molar-refractivity contribution in [1.82, 2.24) is 9.21 Å². The lowest BCUT2D eigenvalue weighted by Gasteiger charge is -2.56. The normalized spacial score (nSPS) is 23.4. The van der Waals surface area contributed by atoms with Crippen molar-refractivity contribution in [3.05, 3.63) is 101 Å². The molecule has 1 N–H and O–H groups in total. The summed E-state index contributed by atoms with van der Waals surface area (Å²) in [5, 5.41) is 10.9. The third-order valence-electron chi connectivity index (χ3n) is 7.74. The molecule has 2 aliphatic heterocycles. The predicted octanol–water partition coefficient (Wildman–Crippen LogP) is 5.72. The van der Waals surface area contributed by atoms with E-state index in [1.54, 1.807) is 12.2 Å². The van der Waals surface area contributed by atoms with Crippen molar-refractivity contribution in [2.75, 3.05) is 26.2 Å². The molecule has 10 heteroatoms. The molecular formula is C29H28ClF3N2O3S. The topological polar surface area (TPSA) is 60.9 Å². The average Bonchev–Trinajstić information content (AvgIpc) is 2.89. The zero-order chi connectivity index (χ0) is 27.9. The number of aliphatic hydroxyl groups is 1. The van der Waals surface area contributed by atoms with Crippen molar-refractivity contribution in [2.45, 2.75) is 36.0 Å². The molecule has 39 heavy (non-hydrogen) atoms. The molecule has 2 heterocycles. The molecule has 3 aromatic rings. The van der Waals surface area contributed by atoms with Crippen LogP contribution >= 0.6 is 11.6 Å². The maximum atomic E-state index is 13.7. The molecule has 5 rings (SSSR count). The van der Waals surface area contributed by atoms with Gasteiger partial charge in [-0.05, 0) is 47.4 Å². The third kappa shape index (κ3) is 5.14. The van der Waals surface area contributed by atoms with Crippen molar-refractivity contribution < 1.29 is 26.7 Å². The maximum Gasteiger partial charge on any atom is 0.417 e. The van der Waals surface area contributed by atoms with Gasteiger partial charge < -0.3 is 5.11 Å². The van der Waals surface area contributed by atoms with Crippen LogP contribution in [0.25, 0.3) is 11.1 Å². The monoisotopic (exact) mass is 576 g/mol. The van der Waals surface area contributed by atoms with E-state index in [0.29, 0.717) is 11.6 Å². The van der Waals surface area contributed by atoms with Gasteiger partial charge >= 0.3 is 6.18 Å². The van der Waals surface area contributed by atoms with E-state index in [1.807, 2.05) is 54.3 Å². The fourth-order valence-corrected chi connectivity index (χ4v) is 7.50. The Morgan fingerprint density at radius 3 is 2.36 bits per heavy atom. The van der Waals surface area contributed by atoms with Crippen molar-refractivity contribution in [3.8, 4) is 11.1 Å². The molecule has 206 valence electrons. The summed E-state index contributed by atoms with van der Waals surface area (Å²) in [4.78, 5) is 1.25. The maximum absolute atomic E-state index is 13.7. The Bertz CT molecular complexity index is 1490. The Labute approximate surface area is 231 Å². The van der Waals surface area contributed by atoms with Crippen LogP contribution in [0.3, 0.4) is 0 Å². The summed E-state index contributed by atoms with van der Waals surface area (Å²) in [5.41, 5.74) is 2.68. The number of nitrogens with zero attached hydrogens (tertiary/aromatic N) is 2. The van der Waals surface area contributed by atoms with Gasteiger partial charge in [0.25, 0.3) is 0 Å². The molecule has 1 saturated heterocycles. The second kappa shape index (κ2) is 10.7. The van der Waals surface area contributed by atoms with Gasteiger partial charge in [-0.25, -0.2) is 8.42 Å². The van der Waals surface area contributed by atoms with E-state index >= 15 is 0 Å². The van der Waals surface area contributed by atoms with Crippen LogP contribution < -0.4 is 0 Å². The lowest BCUT2D eigenvalue weighted by Crippen LogP contribution is -2.67. The Morgan fingerprint density at radius 1 is 0.974 bits per heavy atom. The van der Waals surface area contributed by atoms with Crippen LogP contribution in [0.15, 0.2) is 83.8 Å². The minimum absolute atomic E-state index is 0.00478. The van der Waals surface area contributed by atoms with Crippen LogP contribution in [-0.4, -0.2) is 61.1 Å². The number of rotatable bonds is 5. The highest BCUT2D eigenvalue weighted by atomic mass is 35.5. The molecule has 0 amide bonds. The summed E-state index contributed by atoms with van der Waals surface area (Å²) in [5.74, 6) is -0.202. The zero-order valence-electron chi connectivity index (χ0n) is 21.1. The summed E-state index contributed by atoms with van der Waals surface area (Å²) in [6.07, 6.45) is -1.36. The first-order valence-electron chi connectivity index (χ1n) is 12.6. The van der Waals surface area contributed by atoms with E-state index in [9.17, 15) is 26.7 Å². The SMILES string of the molecule is Cc1c(Cl)cccc1-c1ccc(C2[C@@H](CO)N3C/C=C\CN(S(=O)(=O)c4ccccc4C(F)(F)F)C[C@@H]23)cc1. The molecule has 3 atom stereocenters. The molecule has 1 fully saturated rings. The second-order valence-corrected chi connectivity index (χ2v) is 12.2. The number of benzene rings is 3. The highest BCUT2D eigenvalue weighted by Gasteiger charge is 2.50. The predicted molar refractivity (Wildman–Crippen MR) is 145 cm³/mol. The van der Waals surface area contributed by atoms with Crippen LogP contribution in [0, 0.1) is 6.92 Å². The second-order valence-electron chi connectivity index (χ2n) is 9.86. The van der Waals surface area contributed by atoms with Gasteiger partial charge in [0.1, 0.15) is 0 Å². The zero-order valence-corrected chi connectivity index (χ0v) is 22.7. The van der Waals surface area contributed by atoms with Gasteiger partial charge in [0, 0.05) is 42.7 Å². The summed E-state index contributed by atoms with van der Waals surface area (Å²) in [6, 6.07) is 17.3. The fourth-order valence-electron chi connectivity index (χ4n) is 5.70. The van der Waals surface area contributed by atoms with E-state index in [-0.39, 0.29) is 37.7 Å². The Kier molecular flexibility index (Phi) is 7.65. The molecular weight excluding hydrogens is 549 g/mol. The first-order valence-corrected chi connectivity index (χ1v) is 14.4. The third-order valence-corrected chi connectivity index (χ3v) is 10.0. The smallest absolute Gasteiger partial charge is 0.395 e. The van der Waals surface area contributed by atoms with Crippen LogP contribution in [0.4, 0.5) is 13.2 Å². The van der Waals surface area contributed by atoms with Crippen LogP contribution in [0.5, 0.6) is 0 Å². The van der Waals surface area contributed by atoms with Crippen LogP contribution in [0.2, 0.25) is 5.02 Å². The lowest BCUT2D eigenvalue weighted by molar-refractivity contribution is -0.139. The Hall–Kier alpha value is -2.69. The van der Waals surface area contributed by atoms with Gasteiger partial charge in [-0.1, -0.05) is 72.3 Å². The van der Waals surface area contributed by atoms with Crippen LogP contribution in [0.1, 0.15) is 22.6 Å². The fraction of sp³-hybridized carbons (Fsp3) is 0.310. The minimum Gasteiger partial charge on any atom is -0.395 e. The quantitative estimate of drug-likeness (QED) is 0.395. The van der Waals surface area contributed by atoms with Gasteiger partial charge in [0.05, 0.1) is 17.1 Å². The van der Waals surface area contributed by atoms with Gasteiger partial charge in [-0.2, -0.15) is 17.5 Å². The number of alkyl halides is 3. The number of hydrogen-bond acceptors (Lipinski definition) is 4. The van der Waals surface area contributed by atoms with Crippen molar-refractivity contribution in [3.63, 3.8) is 0 Å². The molecule has 1 unspecified atom stereocenters. The number of aliphatic hydroxyl groups excluding tert-OH is 1. The van der Waals surface area contributed by atoms with E-state index in [0.717, 1.165) is 38.7 Å². The van der Waals surface area contributed by atoms with Gasteiger partial charge in [-0.15, -0.1) is 0 Å². The van der Waals surface area contributed by atoms with E-state index in [2.05, 4.69) is 0 Å². The molecule has 0 radical (unpaired) electrons. The molecule has 2 aliphatic rings. The van der Waals surface area contributed by atoms with Crippen molar-refractivity contribution in [2.24, 2.45) is 0 Å². The van der Waals surface area contributed by atoms with Gasteiger partial charge in [-0.3, -0.25) is 4.90 Å². The highest BCUT2D eigenvalue weighted by molar-refractivity contribution is 7.89. The minimum atomic E-state index is -4.81. The number of fused-ring (bicyclic) bond motifs is 1. The molecule has 5 nitrogen and oxygen atoms in total. The Morgan fingerprint density at radius 2 is 1.67 bits per heavy atom. The molecule has 3 aromatic carbocycles. The van der Waals surface area contributed by atoms with Gasteiger partial charge in [0.15, 0.2) is 0 Å². The average molecular weight is 577 g/mol. The Balaban J connectivity index is 1.47. The standard InChI is InChI=1S/C29H28ClF3N2O3S/c1-19-22(7-6-9-24(19)30)20-11-13-21(14-12-20)28-25-17-34(15-4-5-16-35(25)26(28)18-36)39(37,38)27-10-3-2-8-23(27)29(31,32)33/h2-14,25-26,28,36H,15-18H2,1H3/b5-4-/t25-,26+,28?/m0/s1. The summed E-state index contributed by atoms with van der Waals surface area (Å²) < 4.78 is 69.3. The summed E-state index contributed by atoms with van der Waals surface area (Å²) in [7, 11) is -4.46. The first kappa shape index (κ1) is 27.9. The largest absolute Gasteiger partial charge is 0.417 e. The number of sulfonamides is 1. The number of hydrogen-bond donors (Lipinski definition) is 1. The molecule has 0 bridgehead atoms. The molecule has 0 saturated carbocycles. The van der Waals surface area contributed by atoms with Gasteiger partial charge in [0.2, 0.25) is 10.0 Å². The number of halogens is 4. The summed E-state index contributed by atoms with van der Waals surface area (Å²) in [6.45, 7) is 2.29. The molecule has 0 spiro atoms. The van der Waals surface area contributed by atoms with E-state index in [1.165, 1.54) is 12.1 Å². The van der Waals surface area contributed by atoms with E-state index < -0.39 is 26.7 Å².